The molecule has 3 unspecified atom stereocenters. The Bertz CT molecular complexity index is 270. The van der Waals surface area contributed by atoms with Crippen molar-refractivity contribution in [1.29, 1.82) is 0 Å². The molecule has 0 aromatic rings. The number of amides is 2. The Kier molecular flexibility index (Phi) is 6.57. The first-order chi connectivity index (χ1) is 7.84. The number of aliphatic hydroxyl groups is 1. The molecule has 0 aliphatic heterocycles. The van der Waals surface area contributed by atoms with Gasteiger partial charge in [0.2, 0.25) is 0 Å². The van der Waals surface area contributed by atoms with E-state index in [9.17, 15) is 9.59 Å². The molecule has 0 aromatic heterocycles. The molecular formula is C11H22N2O4. The fourth-order valence-electron chi connectivity index (χ4n) is 1.24. The minimum Gasteiger partial charge on any atom is -0.480 e. The zero-order valence-corrected chi connectivity index (χ0v) is 10.8. The maximum absolute atomic E-state index is 11.7. The number of carbonyl (C=O) groups is 2. The first-order valence-corrected chi connectivity index (χ1v) is 5.72. The molecule has 0 aromatic carbocycles. The molecule has 3 atom stereocenters. The molecule has 0 saturated carbocycles. The number of aliphatic hydroxyl groups excluding tert-OH is 1. The summed E-state index contributed by atoms with van der Waals surface area (Å²) < 4.78 is 0. The molecule has 2 amide bonds. The van der Waals surface area contributed by atoms with Crippen LogP contribution in [0.25, 0.3) is 0 Å². The fourth-order valence-corrected chi connectivity index (χ4v) is 1.24. The van der Waals surface area contributed by atoms with Crippen LogP contribution in [-0.4, -0.2) is 52.9 Å². The van der Waals surface area contributed by atoms with E-state index in [2.05, 4.69) is 5.32 Å². The van der Waals surface area contributed by atoms with Gasteiger partial charge in [-0.15, -0.1) is 0 Å². The van der Waals surface area contributed by atoms with Crippen molar-refractivity contribution in [2.45, 2.75) is 39.3 Å². The number of aliphatic carboxylic acids is 1. The largest absolute Gasteiger partial charge is 0.480 e. The van der Waals surface area contributed by atoms with Crippen molar-refractivity contribution >= 4 is 12.0 Å². The lowest BCUT2D eigenvalue weighted by Gasteiger charge is -2.27. The highest BCUT2D eigenvalue weighted by molar-refractivity contribution is 5.82. The van der Waals surface area contributed by atoms with Gasteiger partial charge in [-0.3, -0.25) is 0 Å². The maximum Gasteiger partial charge on any atom is 0.326 e. The second-order valence-electron chi connectivity index (χ2n) is 4.29. The minimum absolute atomic E-state index is 0.144. The molecule has 0 heterocycles. The highest BCUT2D eigenvalue weighted by Crippen LogP contribution is 2.08. The van der Waals surface area contributed by atoms with Crippen molar-refractivity contribution in [3.63, 3.8) is 0 Å². The van der Waals surface area contributed by atoms with Gasteiger partial charge in [0.05, 0.1) is 12.6 Å². The molecule has 6 nitrogen and oxygen atoms in total. The summed E-state index contributed by atoms with van der Waals surface area (Å²) in [4.78, 5) is 24.0. The molecule has 0 aliphatic rings. The lowest BCUT2D eigenvalue weighted by atomic mass is 9.99. The van der Waals surface area contributed by atoms with Gasteiger partial charge in [-0.1, -0.05) is 20.3 Å². The molecule has 0 bridgehead atoms. The number of hydrogen-bond donors (Lipinski definition) is 3. The summed E-state index contributed by atoms with van der Waals surface area (Å²) in [6.45, 7) is 5.16. The summed E-state index contributed by atoms with van der Waals surface area (Å²) in [5.74, 6) is -1.19. The topological polar surface area (TPSA) is 89.9 Å². The molecule has 3 N–H and O–H groups in total. The summed E-state index contributed by atoms with van der Waals surface area (Å²) in [6, 6.07) is -1.73. The van der Waals surface area contributed by atoms with Crippen molar-refractivity contribution in [3.8, 4) is 0 Å². The van der Waals surface area contributed by atoms with Crippen LogP contribution in [0.1, 0.15) is 27.2 Å². The highest BCUT2D eigenvalue weighted by Gasteiger charge is 2.27. The Morgan fingerprint density at radius 2 is 1.88 bits per heavy atom. The van der Waals surface area contributed by atoms with Crippen LogP contribution in [0.3, 0.4) is 0 Å². The second kappa shape index (κ2) is 7.11. The molecule has 0 radical (unpaired) electrons. The van der Waals surface area contributed by atoms with Crippen LogP contribution in [0.2, 0.25) is 0 Å². The van der Waals surface area contributed by atoms with E-state index in [1.807, 2.05) is 6.92 Å². The highest BCUT2D eigenvalue weighted by atomic mass is 16.4. The molecule has 0 aliphatic carbocycles. The van der Waals surface area contributed by atoms with E-state index in [1.54, 1.807) is 13.8 Å². The third-order valence-corrected chi connectivity index (χ3v) is 3.00. The number of carbonyl (C=O) groups excluding carboxylic acids is 1. The zero-order chi connectivity index (χ0) is 13.6. The number of likely N-dealkylation sites (N-methyl/N-ethyl adjacent to an activating group) is 1. The second-order valence-corrected chi connectivity index (χ2v) is 4.29. The van der Waals surface area contributed by atoms with Gasteiger partial charge in [-0.25, -0.2) is 9.59 Å². The number of urea groups is 1. The monoisotopic (exact) mass is 246 g/mol. The Balaban J connectivity index is 4.56. The first-order valence-electron chi connectivity index (χ1n) is 5.72. The van der Waals surface area contributed by atoms with Crippen molar-refractivity contribution < 1.29 is 19.8 Å². The minimum atomic E-state index is -1.04. The average Bonchev–Trinajstić information content (AvgIpc) is 2.32. The summed E-state index contributed by atoms with van der Waals surface area (Å²) >= 11 is 0. The number of nitrogens with zero attached hydrogens (tertiary/aromatic N) is 1. The van der Waals surface area contributed by atoms with Crippen LogP contribution < -0.4 is 5.32 Å². The van der Waals surface area contributed by atoms with E-state index in [0.29, 0.717) is 6.42 Å². The van der Waals surface area contributed by atoms with E-state index >= 15 is 0 Å². The van der Waals surface area contributed by atoms with Gasteiger partial charge < -0.3 is 20.4 Å². The first kappa shape index (κ1) is 15.7. The van der Waals surface area contributed by atoms with Crippen LogP contribution in [0.15, 0.2) is 0 Å². The van der Waals surface area contributed by atoms with Gasteiger partial charge in [0, 0.05) is 7.05 Å². The maximum atomic E-state index is 11.7. The molecule has 6 heteroatoms. The van der Waals surface area contributed by atoms with Crippen LogP contribution in [0, 0.1) is 5.92 Å². The Morgan fingerprint density at radius 3 is 2.24 bits per heavy atom. The van der Waals surface area contributed by atoms with Gasteiger partial charge in [-0.05, 0) is 12.8 Å². The summed E-state index contributed by atoms with van der Waals surface area (Å²) in [5, 5.41) is 20.4. The average molecular weight is 246 g/mol. The van der Waals surface area contributed by atoms with E-state index in [0.717, 1.165) is 0 Å². The van der Waals surface area contributed by atoms with Crippen LogP contribution in [0.4, 0.5) is 4.79 Å². The van der Waals surface area contributed by atoms with Gasteiger partial charge in [0.15, 0.2) is 0 Å². The van der Waals surface area contributed by atoms with E-state index in [1.165, 1.54) is 11.9 Å². The summed E-state index contributed by atoms with van der Waals surface area (Å²) in [5.41, 5.74) is 0. The third-order valence-electron chi connectivity index (χ3n) is 3.00. The predicted molar refractivity (Wildman–Crippen MR) is 63.7 cm³/mol. The van der Waals surface area contributed by atoms with Crippen molar-refractivity contribution in [1.82, 2.24) is 10.2 Å². The molecule has 17 heavy (non-hydrogen) atoms. The number of rotatable bonds is 6. The number of hydrogen-bond acceptors (Lipinski definition) is 3. The van der Waals surface area contributed by atoms with Crippen LogP contribution in [0.5, 0.6) is 0 Å². The van der Waals surface area contributed by atoms with Crippen molar-refractivity contribution in [3.05, 3.63) is 0 Å². The molecule has 0 spiro atoms. The van der Waals surface area contributed by atoms with Gasteiger partial charge >= 0.3 is 12.0 Å². The number of nitrogens with one attached hydrogen (secondary N) is 1. The fraction of sp³-hybridized carbons (Fsp3) is 0.818. The van der Waals surface area contributed by atoms with E-state index < -0.39 is 18.0 Å². The summed E-state index contributed by atoms with van der Waals surface area (Å²) in [6.07, 6.45) is 0.663. The molecule has 0 saturated heterocycles. The summed E-state index contributed by atoms with van der Waals surface area (Å²) in [7, 11) is 1.52. The quantitative estimate of drug-likeness (QED) is 0.637. The van der Waals surface area contributed by atoms with Crippen molar-refractivity contribution in [2.75, 3.05) is 13.7 Å². The normalized spacial score (nSPS) is 15.8. The SMILES string of the molecule is CCC(C)C(NC(=O)N(C)C(C)CO)C(=O)O. The third kappa shape index (κ3) is 4.60. The van der Waals surface area contributed by atoms with Crippen LogP contribution in [-0.2, 0) is 4.79 Å². The van der Waals surface area contributed by atoms with E-state index in [4.69, 9.17) is 10.2 Å². The van der Waals surface area contributed by atoms with Gasteiger partial charge in [0.25, 0.3) is 0 Å². The number of carboxylic acid groups (broad SMARTS) is 1. The number of carboxylic acids is 1. The molecule has 100 valence electrons. The zero-order valence-electron chi connectivity index (χ0n) is 10.8. The molecular weight excluding hydrogens is 224 g/mol. The van der Waals surface area contributed by atoms with E-state index in [-0.39, 0.29) is 18.6 Å². The van der Waals surface area contributed by atoms with Gasteiger partial charge in [0.1, 0.15) is 6.04 Å². The van der Waals surface area contributed by atoms with Crippen molar-refractivity contribution in [2.24, 2.45) is 5.92 Å². The smallest absolute Gasteiger partial charge is 0.326 e. The lowest BCUT2D eigenvalue weighted by Crippen LogP contribution is -2.52. The molecule has 0 rings (SSSR count). The Hall–Kier alpha value is -1.30. The lowest BCUT2D eigenvalue weighted by molar-refractivity contribution is -0.140. The van der Waals surface area contributed by atoms with Crippen LogP contribution >= 0.6 is 0 Å². The van der Waals surface area contributed by atoms with Gasteiger partial charge in [-0.2, -0.15) is 0 Å². The molecule has 0 fully saturated rings. The predicted octanol–water partition coefficient (Wildman–Crippen LogP) is 0.508. The Morgan fingerprint density at radius 1 is 1.35 bits per heavy atom. The Labute approximate surface area is 102 Å². The standard InChI is InChI=1S/C11H22N2O4/c1-5-7(2)9(10(15)16)12-11(17)13(4)8(3)6-14/h7-9,14H,5-6H2,1-4H3,(H,12,17)(H,15,16).